The molecular formula is C59H100O6. The van der Waals surface area contributed by atoms with Crippen LogP contribution in [0.25, 0.3) is 0 Å². The molecule has 0 N–H and O–H groups in total. The number of hydrogen-bond donors (Lipinski definition) is 0. The molecular weight excluding hydrogens is 805 g/mol. The fourth-order valence-electron chi connectivity index (χ4n) is 7.47. The van der Waals surface area contributed by atoms with Crippen LogP contribution in [-0.2, 0) is 28.6 Å². The zero-order valence-corrected chi connectivity index (χ0v) is 42.5. The summed E-state index contributed by atoms with van der Waals surface area (Å²) in [6.45, 7) is 6.44. The second kappa shape index (κ2) is 53.2. The van der Waals surface area contributed by atoms with Gasteiger partial charge >= 0.3 is 17.9 Å². The predicted octanol–water partition coefficient (Wildman–Crippen LogP) is 18.0. The minimum Gasteiger partial charge on any atom is -0.462 e. The molecule has 0 aromatic rings. The third-order valence-corrected chi connectivity index (χ3v) is 11.5. The van der Waals surface area contributed by atoms with Crippen molar-refractivity contribution in [1.29, 1.82) is 0 Å². The van der Waals surface area contributed by atoms with E-state index in [-0.39, 0.29) is 37.5 Å². The molecule has 1 unspecified atom stereocenters. The fraction of sp³-hybridized carbons (Fsp3) is 0.712. The second-order valence-corrected chi connectivity index (χ2v) is 17.9. The van der Waals surface area contributed by atoms with Crippen LogP contribution in [0.4, 0.5) is 0 Å². The summed E-state index contributed by atoms with van der Waals surface area (Å²) in [6.07, 6.45) is 68.5. The lowest BCUT2D eigenvalue weighted by Gasteiger charge is -2.18. The van der Waals surface area contributed by atoms with Crippen molar-refractivity contribution in [2.75, 3.05) is 13.2 Å². The summed E-state index contributed by atoms with van der Waals surface area (Å²) < 4.78 is 16.8. The van der Waals surface area contributed by atoms with Gasteiger partial charge in [0.15, 0.2) is 6.10 Å². The van der Waals surface area contributed by atoms with Crippen molar-refractivity contribution in [3.05, 3.63) is 85.1 Å². The van der Waals surface area contributed by atoms with Gasteiger partial charge in [-0.2, -0.15) is 0 Å². The van der Waals surface area contributed by atoms with Gasteiger partial charge in [0, 0.05) is 19.3 Å². The zero-order valence-electron chi connectivity index (χ0n) is 42.5. The van der Waals surface area contributed by atoms with Crippen molar-refractivity contribution >= 4 is 17.9 Å². The quantitative estimate of drug-likeness (QED) is 0.0199. The lowest BCUT2D eigenvalue weighted by molar-refractivity contribution is -0.167. The minimum atomic E-state index is -0.801. The van der Waals surface area contributed by atoms with E-state index in [1.165, 1.54) is 128 Å². The lowest BCUT2D eigenvalue weighted by atomic mass is 10.0. The molecule has 0 amide bonds. The van der Waals surface area contributed by atoms with Crippen molar-refractivity contribution in [3.63, 3.8) is 0 Å². The van der Waals surface area contributed by atoms with E-state index in [9.17, 15) is 14.4 Å². The van der Waals surface area contributed by atoms with Gasteiger partial charge in [0.25, 0.3) is 0 Å². The van der Waals surface area contributed by atoms with Gasteiger partial charge in [0.1, 0.15) is 13.2 Å². The maximum atomic E-state index is 12.8. The number of carbonyl (C=O) groups excluding carboxylic acids is 3. The summed E-state index contributed by atoms with van der Waals surface area (Å²) in [4.78, 5) is 38.0. The van der Waals surface area contributed by atoms with Crippen LogP contribution in [0.2, 0.25) is 0 Å². The number of carbonyl (C=O) groups is 3. The average Bonchev–Trinajstić information content (AvgIpc) is 3.30. The molecule has 372 valence electrons. The van der Waals surface area contributed by atoms with Gasteiger partial charge in [-0.25, -0.2) is 0 Å². The molecule has 6 nitrogen and oxygen atoms in total. The summed E-state index contributed by atoms with van der Waals surface area (Å²) in [5.74, 6) is -0.945. The van der Waals surface area contributed by atoms with E-state index in [1.54, 1.807) is 0 Å². The Morgan fingerprint density at radius 2 is 0.615 bits per heavy atom. The molecule has 0 aromatic heterocycles. The highest BCUT2D eigenvalue weighted by Gasteiger charge is 2.19. The van der Waals surface area contributed by atoms with Gasteiger partial charge in [0.05, 0.1) is 0 Å². The van der Waals surface area contributed by atoms with Crippen molar-refractivity contribution in [3.8, 4) is 0 Å². The maximum absolute atomic E-state index is 12.8. The molecule has 0 radical (unpaired) electrons. The topological polar surface area (TPSA) is 78.9 Å². The van der Waals surface area contributed by atoms with Crippen LogP contribution in [0.5, 0.6) is 0 Å². The monoisotopic (exact) mass is 905 g/mol. The standard InChI is InChI=1S/C59H100O6/c1-4-7-10-13-16-19-22-25-27-29-31-32-34-37-40-43-46-49-52-58(61)64-55-56(54-63-57(60)51-48-45-42-39-36-24-21-18-15-12-9-6-3)65-59(62)53-50-47-44-41-38-35-33-30-28-26-23-20-17-14-11-8-5-2/h8,11,14,17-18,20-21,23,26,28,30,33,35,38,56H,4-7,9-10,12-13,15-16,19,22,24-25,27,29,31-32,34,36-37,39-55H2,1-3H3/b11-8-,17-14-,21-18-,23-20-,28-26-,33-30+,38-35-. The van der Waals surface area contributed by atoms with E-state index in [1.807, 2.05) is 60.8 Å². The molecule has 0 bridgehead atoms. The molecule has 0 saturated carbocycles. The molecule has 0 aliphatic carbocycles. The van der Waals surface area contributed by atoms with Crippen LogP contribution in [-0.4, -0.2) is 37.2 Å². The SMILES string of the molecule is CC\C=C/C=C\C=C/C=C\C=C\C=C/CCCCCC(=O)OC(COC(=O)CCCCCCC/C=C\CCCCC)COC(=O)CCCCCCCCCCCCCCCCCCCC. The summed E-state index contributed by atoms with van der Waals surface area (Å²) in [6, 6.07) is 0. The Hall–Kier alpha value is -3.41. The Bertz CT molecular complexity index is 1270. The normalized spacial score (nSPS) is 12.7. The van der Waals surface area contributed by atoms with E-state index in [0.29, 0.717) is 19.3 Å². The minimum absolute atomic E-state index is 0.0958. The van der Waals surface area contributed by atoms with Gasteiger partial charge in [-0.05, 0) is 64.2 Å². The molecule has 1 atom stereocenters. The first-order valence-corrected chi connectivity index (χ1v) is 27.2. The molecule has 0 saturated heterocycles. The first-order valence-electron chi connectivity index (χ1n) is 27.2. The third kappa shape index (κ3) is 51.4. The van der Waals surface area contributed by atoms with Gasteiger partial charge in [-0.3, -0.25) is 14.4 Å². The van der Waals surface area contributed by atoms with E-state index in [0.717, 1.165) is 77.0 Å². The molecule has 0 rings (SSSR count). The second-order valence-electron chi connectivity index (χ2n) is 17.9. The molecule has 0 fully saturated rings. The van der Waals surface area contributed by atoms with E-state index < -0.39 is 6.10 Å². The van der Waals surface area contributed by atoms with Gasteiger partial charge in [-0.1, -0.05) is 254 Å². The van der Waals surface area contributed by atoms with Crippen LogP contribution in [0, 0.1) is 0 Å². The van der Waals surface area contributed by atoms with Crippen molar-refractivity contribution in [2.45, 2.75) is 258 Å². The lowest BCUT2D eigenvalue weighted by Crippen LogP contribution is -2.30. The molecule has 0 spiro atoms. The largest absolute Gasteiger partial charge is 0.462 e. The van der Waals surface area contributed by atoms with Crippen LogP contribution >= 0.6 is 0 Å². The number of esters is 3. The summed E-state index contributed by atoms with van der Waals surface area (Å²) in [5, 5.41) is 0. The first-order chi connectivity index (χ1) is 32.0. The third-order valence-electron chi connectivity index (χ3n) is 11.5. The summed E-state index contributed by atoms with van der Waals surface area (Å²) in [5.41, 5.74) is 0. The number of allylic oxidation sites excluding steroid dienone is 14. The maximum Gasteiger partial charge on any atom is 0.306 e. The van der Waals surface area contributed by atoms with Crippen LogP contribution in [0.15, 0.2) is 85.1 Å². The Kier molecular flexibility index (Phi) is 50.4. The number of hydrogen-bond acceptors (Lipinski definition) is 6. The molecule has 0 aromatic carbocycles. The van der Waals surface area contributed by atoms with E-state index >= 15 is 0 Å². The highest BCUT2D eigenvalue weighted by atomic mass is 16.6. The summed E-state index contributed by atoms with van der Waals surface area (Å²) >= 11 is 0. The Labute approximate surface area is 401 Å². The number of rotatable bonds is 48. The molecule has 6 heteroatoms. The fourth-order valence-corrected chi connectivity index (χ4v) is 7.47. The van der Waals surface area contributed by atoms with Gasteiger partial charge in [-0.15, -0.1) is 0 Å². The summed E-state index contributed by atoms with van der Waals surface area (Å²) in [7, 11) is 0. The first kappa shape index (κ1) is 61.6. The van der Waals surface area contributed by atoms with E-state index in [2.05, 4.69) is 45.1 Å². The van der Waals surface area contributed by atoms with Gasteiger partial charge in [0.2, 0.25) is 0 Å². The Morgan fingerprint density at radius 1 is 0.323 bits per heavy atom. The van der Waals surface area contributed by atoms with Crippen molar-refractivity contribution in [2.24, 2.45) is 0 Å². The zero-order chi connectivity index (χ0) is 47.2. The molecule has 65 heavy (non-hydrogen) atoms. The van der Waals surface area contributed by atoms with Crippen molar-refractivity contribution < 1.29 is 28.6 Å². The van der Waals surface area contributed by atoms with Crippen LogP contribution < -0.4 is 0 Å². The number of unbranched alkanes of at least 4 members (excludes halogenated alkanes) is 28. The Morgan fingerprint density at radius 3 is 1.03 bits per heavy atom. The van der Waals surface area contributed by atoms with Crippen LogP contribution in [0.1, 0.15) is 252 Å². The molecule has 0 aliphatic heterocycles. The number of ether oxygens (including phenoxy) is 3. The highest BCUT2D eigenvalue weighted by Crippen LogP contribution is 2.16. The van der Waals surface area contributed by atoms with Crippen LogP contribution in [0.3, 0.4) is 0 Å². The molecule has 0 heterocycles. The smallest absolute Gasteiger partial charge is 0.306 e. The molecule has 0 aliphatic rings. The predicted molar refractivity (Wildman–Crippen MR) is 279 cm³/mol. The average molecular weight is 905 g/mol. The van der Waals surface area contributed by atoms with Gasteiger partial charge < -0.3 is 14.2 Å². The Balaban J connectivity index is 4.44. The van der Waals surface area contributed by atoms with E-state index in [4.69, 9.17) is 14.2 Å². The highest BCUT2D eigenvalue weighted by molar-refractivity contribution is 5.71. The van der Waals surface area contributed by atoms with Crippen molar-refractivity contribution in [1.82, 2.24) is 0 Å².